The Labute approximate surface area is 146 Å². The van der Waals surface area contributed by atoms with E-state index in [1.54, 1.807) is 11.6 Å². The Morgan fingerprint density at radius 3 is 2.72 bits per heavy atom. The van der Waals surface area contributed by atoms with Crippen molar-refractivity contribution in [1.29, 1.82) is 0 Å². The van der Waals surface area contributed by atoms with E-state index in [9.17, 15) is 5.11 Å². The lowest BCUT2D eigenvalue weighted by atomic mass is 10.1. The summed E-state index contributed by atoms with van der Waals surface area (Å²) in [5.41, 5.74) is 1.86. The summed E-state index contributed by atoms with van der Waals surface area (Å²) in [5.74, 6) is 2.24. The van der Waals surface area contributed by atoms with E-state index in [0.29, 0.717) is 12.5 Å². The number of aryl methyl sites for hydroxylation is 1. The molecule has 7 heteroatoms. The van der Waals surface area contributed by atoms with Crippen LogP contribution in [0.2, 0.25) is 0 Å². The van der Waals surface area contributed by atoms with Gasteiger partial charge in [-0.1, -0.05) is 42.7 Å². The number of tetrazole rings is 1. The van der Waals surface area contributed by atoms with Gasteiger partial charge < -0.3 is 14.8 Å². The van der Waals surface area contributed by atoms with Crippen molar-refractivity contribution >= 4 is 5.95 Å². The first-order chi connectivity index (χ1) is 12.2. The molecule has 25 heavy (non-hydrogen) atoms. The van der Waals surface area contributed by atoms with Crippen molar-refractivity contribution in [1.82, 2.24) is 20.2 Å². The highest BCUT2D eigenvalue weighted by Gasteiger charge is 2.09. The first-order valence-electron chi connectivity index (χ1n) is 8.54. The summed E-state index contributed by atoms with van der Waals surface area (Å²) in [5, 5.41) is 24.5. The van der Waals surface area contributed by atoms with Crippen molar-refractivity contribution in [2.45, 2.75) is 45.9 Å². The maximum absolute atomic E-state index is 9.58. The third kappa shape index (κ3) is 4.24. The van der Waals surface area contributed by atoms with Gasteiger partial charge in [-0.05, 0) is 41.5 Å². The minimum atomic E-state index is -0.468. The molecule has 7 nitrogen and oxygen atoms in total. The van der Waals surface area contributed by atoms with E-state index >= 15 is 0 Å². The lowest BCUT2D eigenvalue weighted by Crippen LogP contribution is -2.08. The van der Waals surface area contributed by atoms with E-state index in [4.69, 9.17) is 4.42 Å². The van der Waals surface area contributed by atoms with Gasteiger partial charge in [0, 0.05) is 12.1 Å². The molecule has 132 valence electrons. The van der Waals surface area contributed by atoms with Crippen LogP contribution >= 0.6 is 0 Å². The zero-order valence-corrected chi connectivity index (χ0v) is 14.5. The molecule has 2 aromatic heterocycles. The van der Waals surface area contributed by atoms with Gasteiger partial charge in [0.25, 0.3) is 0 Å². The summed E-state index contributed by atoms with van der Waals surface area (Å²) < 4.78 is 7.65. The number of nitrogens with zero attached hydrogens (tertiary/aromatic N) is 4. The SMILES string of the molecule is CCCCn1nnnc1NCc1ccc(-c2ccc(C(C)O)cc2)o1. The standard InChI is InChI=1S/C18H23N5O2/c1-3-4-11-23-18(20-21-22-23)19-12-16-9-10-17(25-16)15-7-5-14(6-8-15)13(2)24/h5-10,13,24H,3-4,11-12H2,1-2H3,(H,19,20,22). The number of aliphatic hydroxyl groups is 1. The van der Waals surface area contributed by atoms with Gasteiger partial charge in [-0.2, -0.15) is 0 Å². The van der Waals surface area contributed by atoms with Crippen LogP contribution in [0, 0.1) is 0 Å². The van der Waals surface area contributed by atoms with Gasteiger partial charge in [0.2, 0.25) is 5.95 Å². The molecule has 1 aromatic carbocycles. The van der Waals surface area contributed by atoms with Crippen molar-refractivity contribution in [2.75, 3.05) is 5.32 Å². The van der Waals surface area contributed by atoms with Gasteiger partial charge in [-0.15, -0.1) is 0 Å². The number of rotatable bonds is 8. The molecule has 2 N–H and O–H groups in total. The number of benzene rings is 1. The van der Waals surface area contributed by atoms with E-state index in [-0.39, 0.29) is 0 Å². The van der Waals surface area contributed by atoms with Crippen LogP contribution in [0.5, 0.6) is 0 Å². The fraction of sp³-hybridized carbons (Fsp3) is 0.389. The number of aromatic nitrogens is 4. The third-order valence-electron chi connectivity index (χ3n) is 4.02. The fourth-order valence-corrected chi connectivity index (χ4v) is 2.51. The average Bonchev–Trinajstić information content (AvgIpc) is 3.27. The summed E-state index contributed by atoms with van der Waals surface area (Å²) in [4.78, 5) is 0. The van der Waals surface area contributed by atoms with Crippen molar-refractivity contribution < 1.29 is 9.52 Å². The Kier molecular flexibility index (Phi) is 5.45. The first kappa shape index (κ1) is 17.2. The van der Waals surface area contributed by atoms with Gasteiger partial charge >= 0.3 is 0 Å². The molecule has 0 saturated heterocycles. The molecule has 3 aromatic rings. The van der Waals surface area contributed by atoms with Crippen LogP contribution in [0.4, 0.5) is 5.95 Å². The van der Waals surface area contributed by atoms with Crippen molar-refractivity contribution in [3.63, 3.8) is 0 Å². The molecule has 0 aliphatic rings. The Hall–Kier alpha value is -2.67. The van der Waals surface area contributed by atoms with Crippen molar-refractivity contribution in [2.24, 2.45) is 0 Å². The highest BCUT2D eigenvalue weighted by molar-refractivity contribution is 5.58. The summed E-state index contributed by atoms with van der Waals surface area (Å²) in [6.45, 7) is 5.19. The molecule has 0 radical (unpaired) electrons. The number of furan rings is 1. The van der Waals surface area contributed by atoms with E-state index in [1.807, 2.05) is 36.4 Å². The predicted molar refractivity (Wildman–Crippen MR) is 94.8 cm³/mol. The van der Waals surface area contributed by atoms with Crippen LogP contribution in [0.25, 0.3) is 11.3 Å². The molecule has 1 unspecified atom stereocenters. The topological polar surface area (TPSA) is 89.0 Å². The predicted octanol–water partition coefficient (Wildman–Crippen LogP) is 3.40. The molecule has 2 heterocycles. The second kappa shape index (κ2) is 7.94. The van der Waals surface area contributed by atoms with Gasteiger partial charge in [-0.25, -0.2) is 4.68 Å². The van der Waals surface area contributed by atoms with E-state index < -0.39 is 6.10 Å². The lowest BCUT2D eigenvalue weighted by molar-refractivity contribution is 0.199. The largest absolute Gasteiger partial charge is 0.459 e. The van der Waals surface area contributed by atoms with Crippen LogP contribution < -0.4 is 5.32 Å². The quantitative estimate of drug-likeness (QED) is 0.653. The molecular formula is C18H23N5O2. The Balaban J connectivity index is 1.63. The van der Waals surface area contributed by atoms with E-state index in [0.717, 1.165) is 42.0 Å². The van der Waals surface area contributed by atoms with Crippen LogP contribution in [0.1, 0.15) is 44.1 Å². The number of nitrogens with one attached hydrogen (secondary N) is 1. The number of anilines is 1. The van der Waals surface area contributed by atoms with Crippen LogP contribution in [-0.2, 0) is 13.1 Å². The zero-order chi connectivity index (χ0) is 17.6. The Bertz CT molecular complexity index is 792. The number of hydrogen-bond donors (Lipinski definition) is 2. The molecule has 0 fully saturated rings. The van der Waals surface area contributed by atoms with E-state index in [2.05, 4.69) is 27.8 Å². The Morgan fingerprint density at radius 1 is 1.20 bits per heavy atom. The third-order valence-corrected chi connectivity index (χ3v) is 4.02. The maximum Gasteiger partial charge on any atom is 0.243 e. The van der Waals surface area contributed by atoms with Gasteiger partial charge in [-0.3, -0.25) is 0 Å². The summed E-state index contributed by atoms with van der Waals surface area (Å²) in [7, 11) is 0. The number of unbranched alkanes of at least 4 members (excludes halogenated alkanes) is 1. The summed E-state index contributed by atoms with van der Waals surface area (Å²) in [6.07, 6.45) is 1.66. The smallest absolute Gasteiger partial charge is 0.243 e. The molecular weight excluding hydrogens is 318 g/mol. The second-order valence-electron chi connectivity index (χ2n) is 6.00. The molecule has 0 spiro atoms. The van der Waals surface area contributed by atoms with Crippen LogP contribution in [-0.4, -0.2) is 25.3 Å². The summed E-state index contributed by atoms with van der Waals surface area (Å²) >= 11 is 0. The molecule has 0 aliphatic heterocycles. The zero-order valence-electron chi connectivity index (χ0n) is 14.5. The molecule has 1 atom stereocenters. The molecule has 0 saturated carbocycles. The highest BCUT2D eigenvalue weighted by Crippen LogP contribution is 2.24. The minimum Gasteiger partial charge on any atom is -0.459 e. The maximum atomic E-state index is 9.58. The fourth-order valence-electron chi connectivity index (χ4n) is 2.51. The second-order valence-corrected chi connectivity index (χ2v) is 6.00. The van der Waals surface area contributed by atoms with Gasteiger partial charge in [0.05, 0.1) is 12.6 Å². The van der Waals surface area contributed by atoms with Crippen LogP contribution in [0.15, 0.2) is 40.8 Å². The number of hydrogen-bond acceptors (Lipinski definition) is 6. The highest BCUT2D eigenvalue weighted by atomic mass is 16.3. The van der Waals surface area contributed by atoms with E-state index in [1.165, 1.54) is 0 Å². The normalized spacial score (nSPS) is 12.3. The Morgan fingerprint density at radius 2 is 2.00 bits per heavy atom. The molecule has 0 amide bonds. The van der Waals surface area contributed by atoms with Crippen molar-refractivity contribution in [3.05, 3.63) is 47.7 Å². The first-order valence-corrected chi connectivity index (χ1v) is 8.54. The summed E-state index contributed by atoms with van der Waals surface area (Å²) in [6, 6.07) is 11.6. The molecule has 0 bridgehead atoms. The number of aliphatic hydroxyl groups excluding tert-OH is 1. The minimum absolute atomic E-state index is 0.468. The van der Waals surface area contributed by atoms with Crippen LogP contribution in [0.3, 0.4) is 0 Å². The van der Waals surface area contributed by atoms with Crippen molar-refractivity contribution in [3.8, 4) is 11.3 Å². The molecule has 0 aliphatic carbocycles. The average molecular weight is 341 g/mol. The van der Waals surface area contributed by atoms with Gasteiger partial charge in [0.15, 0.2) is 0 Å². The monoisotopic (exact) mass is 341 g/mol. The van der Waals surface area contributed by atoms with Gasteiger partial charge in [0.1, 0.15) is 11.5 Å². The molecule has 3 rings (SSSR count). The lowest BCUT2D eigenvalue weighted by Gasteiger charge is -2.06.